The van der Waals surface area contributed by atoms with E-state index >= 15 is 0 Å². The first-order valence-electron chi connectivity index (χ1n) is 4.45. The third kappa shape index (κ3) is 7.31. The van der Waals surface area contributed by atoms with Gasteiger partial charge in [-0.25, -0.2) is 0 Å². The molecule has 0 aliphatic heterocycles. The average Bonchev–Trinajstić information content (AvgIpc) is 1.99. The maximum atomic E-state index is 10.6. The standard InChI is InChI=1S/C9H16O4/c1-3-4-8(13-7(2)10)5-6-9(11)12/h8H,3-6H2,1-2H3,(H,11,12)/t8-/m0/s1. The van der Waals surface area contributed by atoms with Gasteiger partial charge in [-0.1, -0.05) is 13.3 Å². The van der Waals surface area contributed by atoms with Crippen LogP contribution in [0.4, 0.5) is 0 Å². The normalized spacial score (nSPS) is 12.2. The van der Waals surface area contributed by atoms with E-state index in [1.165, 1.54) is 6.92 Å². The van der Waals surface area contributed by atoms with Crippen molar-refractivity contribution in [1.82, 2.24) is 0 Å². The van der Waals surface area contributed by atoms with Crippen molar-refractivity contribution in [3.05, 3.63) is 0 Å². The van der Waals surface area contributed by atoms with Gasteiger partial charge in [0.2, 0.25) is 0 Å². The van der Waals surface area contributed by atoms with Crippen LogP contribution in [0.15, 0.2) is 0 Å². The molecular weight excluding hydrogens is 172 g/mol. The Bertz CT molecular complexity index is 176. The van der Waals surface area contributed by atoms with Crippen LogP contribution < -0.4 is 0 Å². The Balaban J connectivity index is 3.79. The summed E-state index contributed by atoms with van der Waals surface area (Å²) >= 11 is 0. The predicted octanol–water partition coefficient (Wildman–Crippen LogP) is 1.58. The fourth-order valence-corrected chi connectivity index (χ4v) is 1.10. The van der Waals surface area contributed by atoms with Gasteiger partial charge in [0.1, 0.15) is 6.10 Å². The number of carbonyl (C=O) groups is 2. The Kier molecular flexibility index (Phi) is 5.93. The molecule has 13 heavy (non-hydrogen) atoms. The zero-order valence-electron chi connectivity index (χ0n) is 8.08. The van der Waals surface area contributed by atoms with Crippen molar-refractivity contribution >= 4 is 11.9 Å². The van der Waals surface area contributed by atoms with Crippen molar-refractivity contribution in [3.8, 4) is 0 Å². The SMILES string of the molecule is CCC[C@@H](CCC(=O)O)OC(C)=O. The molecule has 4 nitrogen and oxygen atoms in total. The summed E-state index contributed by atoms with van der Waals surface area (Å²) in [5.41, 5.74) is 0. The van der Waals surface area contributed by atoms with E-state index in [0.29, 0.717) is 6.42 Å². The van der Waals surface area contributed by atoms with E-state index < -0.39 is 5.97 Å². The topological polar surface area (TPSA) is 63.6 Å². The monoisotopic (exact) mass is 188 g/mol. The van der Waals surface area contributed by atoms with Crippen molar-refractivity contribution < 1.29 is 19.4 Å². The molecule has 0 spiro atoms. The average molecular weight is 188 g/mol. The van der Waals surface area contributed by atoms with Gasteiger partial charge in [0.05, 0.1) is 0 Å². The summed E-state index contributed by atoms with van der Waals surface area (Å²) in [5, 5.41) is 8.42. The number of hydrogen-bond acceptors (Lipinski definition) is 3. The molecular formula is C9H16O4. The summed E-state index contributed by atoms with van der Waals surface area (Å²) in [6.07, 6.45) is 1.84. The first kappa shape index (κ1) is 11.9. The predicted molar refractivity (Wildman–Crippen MR) is 47.3 cm³/mol. The van der Waals surface area contributed by atoms with Crippen LogP contribution in [-0.4, -0.2) is 23.1 Å². The van der Waals surface area contributed by atoms with Crippen LogP contribution in [0.3, 0.4) is 0 Å². The fraction of sp³-hybridized carbons (Fsp3) is 0.778. The number of rotatable bonds is 6. The third-order valence-corrected chi connectivity index (χ3v) is 1.62. The lowest BCUT2D eigenvalue weighted by Gasteiger charge is -2.14. The Hall–Kier alpha value is -1.06. The van der Waals surface area contributed by atoms with E-state index in [1.807, 2.05) is 6.92 Å². The Labute approximate surface area is 77.9 Å². The summed E-state index contributed by atoms with van der Waals surface area (Å²) in [4.78, 5) is 20.9. The minimum absolute atomic E-state index is 0.0535. The lowest BCUT2D eigenvalue weighted by Crippen LogP contribution is -2.17. The first-order chi connectivity index (χ1) is 6.06. The second-order valence-corrected chi connectivity index (χ2v) is 2.95. The molecule has 4 heteroatoms. The highest BCUT2D eigenvalue weighted by Crippen LogP contribution is 2.09. The van der Waals surface area contributed by atoms with Crippen LogP contribution >= 0.6 is 0 Å². The molecule has 0 unspecified atom stereocenters. The van der Waals surface area contributed by atoms with Gasteiger partial charge in [-0.3, -0.25) is 9.59 Å². The van der Waals surface area contributed by atoms with Crippen LogP contribution in [0.5, 0.6) is 0 Å². The zero-order chi connectivity index (χ0) is 10.3. The summed E-state index contributed by atoms with van der Waals surface area (Å²) in [6.45, 7) is 3.31. The van der Waals surface area contributed by atoms with Gasteiger partial charge < -0.3 is 9.84 Å². The van der Waals surface area contributed by atoms with Crippen LogP contribution in [0.2, 0.25) is 0 Å². The minimum atomic E-state index is -0.853. The lowest BCUT2D eigenvalue weighted by molar-refractivity contribution is -0.149. The van der Waals surface area contributed by atoms with Crippen molar-refractivity contribution in [3.63, 3.8) is 0 Å². The highest BCUT2D eigenvalue weighted by molar-refractivity contribution is 5.67. The molecule has 0 saturated carbocycles. The van der Waals surface area contributed by atoms with Crippen LogP contribution in [0.1, 0.15) is 39.5 Å². The van der Waals surface area contributed by atoms with E-state index in [0.717, 1.165) is 12.8 Å². The van der Waals surface area contributed by atoms with E-state index in [9.17, 15) is 9.59 Å². The Morgan fingerprint density at radius 1 is 1.38 bits per heavy atom. The second-order valence-electron chi connectivity index (χ2n) is 2.95. The molecule has 0 aromatic rings. The highest BCUT2D eigenvalue weighted by atomic mass is 16.5. The summed E-state index contributed by atoms with van der Waals surface area (Å²) in [5.74, 6) is -1.20. The number of esters is 1. The summed E-state index contributed by atoms with van der Waals surface area (Å²) in [7, 11) is 0. The van der Waals surface area contributed by atoms with Gasteiger partial charge in [-0.15, -0.1) is 0 Å². The van der Waals surface area contributed by atoms with Crippen molar-refractivity contribution in [2.75, 3.05) is 0 Å². The van der Waals surface area contributed by atoms with Crippen molar-refractivity contribution in [1.29, 1.82) is 0 Å². The number of carbonyl (C=O) groups excluding carboxylic acids is 1. The summed E-state index contributed by atoms with van der Waals surface area (Å²) < 4.78 is 4.94. The maximum Gasteiger partial charge on any atom is 0.303 e. The molecule has 0 fully saturated rings. The molecule has 1 atom stereocenters. The molecule has 0 aromatic carbocycles. The van der Waals surface area contributed by atoms with Gasteiger partial charge >= 0.3 is 11.9 Å². The van der Waals surface area contributed by atoms with E-state index in [4.69, 9.17) is 9.84 Å². The highest BCUT2D eigenvalue weighted by Gasteiger charge is 2.12. The molecule has 0 bridgehead atoms. The van der Waals surface area contributed by atoms with Gasteiger partial charge in [-0.05, 0) is 12.8 Å². The quantitative estimate of drug-likeness (QED) is 0.643. The number of ether oxygens (including phenoxy) is 1. The van der Waals surface area contributed by atoms with Gasteiger partial charge in [0.25, 0.3) is 0 Å². The van der Waals surface area contributed by atoms with Crippen LogP contribution in [0, 0.1) is 0 Å². The van der Waals surface area contributed by atoms with Gasteiger partial charge in [0.15, 0.2) is 0 Å². The minimum Gasteiger partial charge on any atom is -0.481 e. The van der Waals surface area contributed by atoms with Crippen LogP contribution in [0.25, 0.3) is 0 Å². The molecule has 0 amide bonds. The summed E-state index contributed by atoms with van der Waals surface area (Å²) in [6, 6.07) is 0. The maximum absolute atomic E-state index is 10.6. The molecule has 0 heterocycles. The number of aliphatic carboxylic acids is 1. The molecule has 1 N–H and O–H groups in total. The largest absolute Gasteiger partial charge is 0.481 e. The smallest absolute Gasteiger partial charge is 0.303 e. The Morgan fingerprint density at radius 2 is 2.00 bits per heavy atom. The Morgan fingerprint density at radius 3 is 2.38 bits per heavy atom. The third-order valence-electron chi connectivity index (χ3n) is 1.62. The van der Waals surface area contributed by atoms with Crippen LogP contribution in [-0.2, 0) is 14.3 Å². The number of carboxylic acids is 1. The van der Waals surface area contributed by atoms with Crippen molar-refractivity contribution in [2.45, 2.75) is 45.6 Å². The molecule has 0 aliphatic carbocycles. The fourth-order valence-electron chi connectivity index (χ4n) is 1.10. The molecule has 0 radical (unpaired) electrons. The zero-order valence-corrected chi connectivity index (χ0v) is 8.08. The number of carboxylic acid groups (broad SMARTS) is 1. The molecule has 0 aromatic heterocycles. The molecule has 0 rings (SSSR count). The second kappa shape index (κ2) is 6.46. The van der Waals surface area contributed by atoms with Crippen molar-refractivity contribution in [2.24, 2.45) is 0 Å². The van der Waals surface area contributed by atoms with Gasteiger partial charge in [0, 0.05) is 13.3 Å². The molecule has 0 saturated heterocycles. The molecule has 76 valence electrons. The lowest BCUT2D eigenvalue weighted by atomic mass is 10.1. The molecule has 0 aliphatic rings. The first-order valence-corrected chi connectivity index (χ1v) is 4.45. The number of hydrogen-bond donors (Lipinski definition) is 1. The van der Waals surface area contributed by atoms with Gasteiger partial charge in [-0.2, -0.15) is 0 Å². The van der Waals surface area contributed by atoms with E-state index in [-0.39, 0.29) is 18.5 Å². The van der Waals surface area contributed by atoms with E-state index in [1.54, 1.807) is 0 Å². The van der Waals surface area contributed by atoms with E-state index in [2.05, 4.69) is 0 Å².